The summed E-state index contributed by atoms with van der Waals surface area (Å²) in [5.41, 5.74) is 9.26. The van der Waals surface area contributed by atoms with Gasteiger partial charge in [0.2, 0.25) is 23.6 Å². The van der Waals surface area contributed by atoms with Gasteiger partial charge < -0.3 is 121 Å². The number of nitrogens with one attached hydrogen (secondary N) is 7. The normalized spacial score (nSPS) is 23.7. The molecule has 4 aromatic heterocycles. The molecule has 45 nitrogen and oxygen atoms in total. The zero-order valence-corrected chi connectivity index (χ0v) is 80.4. The molecule has 4 bridgehead atoms. The molecule has 6 fully saturated rings. The van der Waals surface area contributed by atoms with Gasteiger partial charge in [-0.3, -0.25) is 38.3 Å². The summed E-state index contributed by atoms with van der Waals surface area (Å²) in [6, 6.07) is 12.7. The van der Waals surface area contributed by atoms with E-state index in [1.54, 1.807) is 36.9 Å². The molecule has 10 atom stereocenters. The first-order chi connectivity index (χ1) is 66.2. The van der Waals surface area contributed by atoms with Gasteiger partial charge in [-0.25, -0.2) is 33.9 Å². The number of hydrogen-bond acceptors (Lipinski definition) is 34. The van der Waals surface area contributed by atoms with Crippen molar-refractivity contribution in [1.82, 2.24) is 70.0 Å². The minimum atomic E-state index is -4.48. The van der Waals surface area contributed by atoms with Gasteiger partial charge in [0.1, 0.15) is 55.0 Å². The summed E-state index contributed by atoms with van der Waals surface area (Å²) in [6.45, 7) is 10.2. The molecule has 5 aliphatic carbocycles. The number of primary amides is 1. The summed E-state index contributed by atoms with van der Waals surface area (Å²) in [5, 5.41) is 100. The lowest BCUT2D eigenvalue weighted by Gasteiger charge is -2.69. The Kier molecular flexibility index (Phi) is 35.2. The van der Waals surface area contributed by atoms with Crippen molar-refractivity contribution in [2.24, 2.45) is 33.8 Å². The van der Waals surface area contributed by atoms with Gasteiger partial charge in [0.15, 0.2) is 28.8 Å². The van der Waals surface area contributed by atoms with E-state index in [4.69, 9.17) is 58.7 Å². The Balaban J connectivity index is 0.654. The standard InChI is InChI=1S/C92H126N18O27S2/c1-53(2)73(101-70(114)23-30-130-32-29-109-71(115)20-21-72(109)116)81(121)98-66(14-10-24-94-85(93)125)80(120)97-59-17-16-56(58(38-59)42-106(7)82(122)57-39-61(40-57)136-87(126)105-139(128,129)96-25-31-131-34-35-132-36-37-133-84-77(119)76(118)75(117)67(44-112)137-84)45-134-88(127)107(27-22-60(113)43-111)28-33-135-92-49-89(5)46-90(6,50-92)48-91(47-89,51-92)52-110-55(4)64(41-95-110)63-18-19-69(100-74(63)83(123)124)108-26-11-12-62-54(3)78(103-104-79(62)108)102-86-99-65-13-8-9-15-68(65)138-86/h8-9,13,15-21,38,41,53,57,60-61,66-67,73,75-77,84,96,111-113,117-119H,10-12,14,22-37,39-40,42-52H2,1-7H3,(H,97,120)(H,98,121)(H,101,114)(H,105,126)(H,123,124)(H3,93,94,125)(H,99,102,103)/t57?,60-,61?,66-,67+,73-,75+,76-,77+,84+,89?,90?,91?,92?/m0/s1. The number of fused-ring (bicyclic) bond motifs is 2. The lowest BCUT2D eigenvalue weighted by molar-refractivity contribution is -0.302. The second kappa shape index (κ2) is 46.5. The number of ether oxygens (including phenoxy) is 8. The Morgan fingerprint density at radius 1 is 0.784 bits per heavy atom. The third kappa shape index (κ3) is 26.9. The number of carbonyl (C=O) groups is 10. The average molecular weight is 1980 g/mol. The Labute approximate surface area is 806 Å². The fraction of sp³-hybridized carbons (Fsp3) is 0.598. The first-order valence-electron chi connectivity index (χ1n) is 46.6. The van der Waals surface area contributed by atoms with Crippen LogP contribution < -0.4 is 46.7 Å². The Morgan fingerprint density at radius 2 is 1.51 bits per heavy atom. The Hall–Kier alpha value is -11.2. The number of rotatable bonds is 50. The monoisotopic (exact) mass is 1980 g/mol. The lowest BCUT2D eigenvalue weighted by atomic mass is 9.39. The highest BCUT2D eigenvalue weighted by Gasteiger charge is 2.66. The Bertz CT molecular complexity index is 5500. The maximum Gasteiger partial charge on any atom is 0.422 e. The number of aromatic nitrogens is 6. The lowest BCUT2D eigenvalue weighted by Crippen LogP contribution is -2.64. The van der Waals surface area contributed by atoms with Crippen molar-refractivity contribution in [1.29, 1.82) is 0 Å². The number of amides is 10. The highest BCUT2D eigenvalue weighted by Crippen LogP contribution is 2.72. The molecule has 10 amide bonds. The molecule has 0 radical (unpaired) electrons. The molecule has 14 rings (SSSR count). The quantitative estimate of drug-likeness (QED) is 0.0192. The first kappa shape index (κ1) is 105. The first-order valence-corrected chi connectivity index (χ1v) is 48.9. The van der Waals surface area contributed by atoms with Crippen LogP contribution in [0.2, 0.25) is 0 Å². The number of thiazole rings is 1. The van der Waals surface area contributed by atoms with Crippen LogP contribution in [0.15, 0.2) is 72.9 Å². The molecule has 5 saturated carbocycles. The SMILES string of the molecule is Cc1c(Nc2nc3ccccc3s2)nnc2c1CCCN2c1ccc(-c2cnn(CC34CC5(C)CC(C)(C3)CC(OCCN(CC[C@H](O)CO)C(=O)OCc3ccc(NC(=O)[C@H](CCCNC(N)=O)NC(=O)[C@@H](NC(=O)CCOCCN6C(=O)C=CC6=O)C(C)C)cc3CN(C)C(=O)C3CC(OC(=O)NS(=O)(=O)NCCOCCOCCO[C@@H]6O[C@H](CO)[C@@H](O)[C@H](O)[C@H]6O)C3)(C5)C4)c2C)c(C(=O)O)n1. The van der Waals surface area contributed by atoms with Gasteiger partial charge in [-0.15, -0.1) is 10.2 Å². The topological polar surface area (TPSA) is 613 Å². The molecule has 7 heterocycles. The summed E-state index contributed by atoms with van der Waals surface area (Å²) in [4.78, 5) is 149. The number of carboxylic acid groups (broad SMARTS) is 1. The smallest absolute Gasteiger partial charge is 0.422 e. The summed E-state index contributed by atoms with van der Waals surface area (Å²) >= 11 is 1.52. The molecule has 0 spiro atoms. The van der Waals surface area contributed by atoms with E-state index in [-0.39, 0.29) is 158 Å². The number of para-hydroxylation sites is 1. The van der Waals surface area contributed by atoms with Gasteiger partial charge in [-0.05, 0) is 167 Å². The molecule has 3 aliphatic heterocycles. The molecule has 8 aliphatic rings. The van der Waals surface area contributed by atoms with Crippen molar-refractivity contribution in [3.05, 3.63) is 107 Å². The second-order valence-corrected chi connectivity index (χ2v) is 40.4. The van der Waals surface area contributed by atoms with E-state index in [9.17, 15) is 92.1 Å². The number of nitrogens with zero attached hydrogens (tertiary/aromatic N) is 10. The number of anilines is 5. The van der Waals surface area contributed by atoms with E-state index >= 15 is 0 Å². The summed E-state index contributed by atoms with van der Waals surface area (Å²) in [5.74, 6) is -4.39. The predicted octanol–water partition coefficient (Wildman–Crippen LogP) is 3.50. The third-order valence-electron chi connectivity index (χ3n) is 26.3. The van der Waals surface area contributed by atoms with Crippen LogP contribution in [-0.2, 0) is 103 Å². The van der Waals surface area contributed by atoms with E-state index in [0.717, 1.165) is 89.0 Å². The number of carbonyl (C=O) groups excluding carboxylic acids is 9. The fourth-order valence-electron chi connectivity index (χ4n) is 20.5. The predicted molar refractivity (Wildman–Crippen MR) is 499 cm³/mol. The van der Waals surface area contributed by atoms with Crippen molar-refractivity contribution in [3.63, 3.8) is 0 Å². The number of nitrogens with two attached hydrogens (primary N) is 1. The number of urea groups is 1. The maximum atomic E-state index is 14.8. The van der Waals surface area contributed by atoms with Crippen LogP contribution in [0.1, 0.15) is 150 Å². The van der Waals surface area contributed by atoms with Crippen molar-refractivity contribution in [3.8, 4) is 11.1 Å². The second-order valence-electron chi connectivity index (χ2n) is 37.9. The number of aliphatic hydroxyl groups excluding tert-OH is 6. The number of aromatic carboxylic acids is 1. The van der Waals surface area contributed by atoms with Crippen molar-refractivity contribution < 1.29 is 130 Å². The summed E-state index contributed by atoms with van der Waals surface area (Å²) in [7, 11) is -2.98. The van der Waals surface area contributed by atoms with E-state index in [0.29, 0.717) is 64.3 Å². The van der Waals surface area contributed by atoms with E-state index < -0.39 is 162 Å². The van der Waals surface area contributed by atoms with E-state index in [2.05, 4.69) is 55.4 Å². The molecule has 16 N–H and O–H groups in total. The Morgan fingerprint density at radius 3 is 2.22 bits per heavy atom. The zero-order chi connectivity index (χ0) is 99.8. The van der Waals surface area contributed by atoms with Crippen LogP contribution in [0, 0.1) is 41.9 Å². The molecule has 1 saturated heterocycles. The number of aliphatic hydroxyl groups is 6. The van der Waals surface area contributed by atoms with Crippen LogP contribution in [-0.4, -0.2) is 321 Å². The van der Waals surface area contributed by atoms with Crippen LogP contribution in [0.5, 0.6) is 0 Å². The van der Waals surface area contributed by atoms with Crippen molar-refractivity contribution in [2.45, 2.75) is 212 Å². The minimum Gasteiger partial charge on any atom is -0.476 e. The summed E-state index contributed by atoms with van der Waals surface area (Å²) < 4.78 is 78.3. The van der Waals surface area contributed by atoms with Gasteiger partial charge >= 0.3 is 34.4 Å². The van der Waals surface area contributed by atoms with Crippen LogP contribution in [0.25, 0.3) is 21.3 Å². The molecular formula is C92H126N18O27S2. The van der Waals surface area contributed by atoms with Crippen molar-refractivity contribution in [2.75, 3.05) is 128 Å². The van der Waals surface area contributed by atoms with Gasteiger partial charge in [-0.1, -0.05) is 57.2 Å². The van der Waals surface area contributed by atoms with Crippen molar-refractivity contribution >= 4 is 120 Å². The van der Waals surface area contributed by atoms with Crippen LogP contribution in [0.4, 0.5) is 42.7 Å². The number of benzene rings is 2. The number of hydrogen-bond donors (Lipinski definition) is 15. The highest BCUT2D eigenvalue weighted by atomic mass is 32.2. The van der Waals surface area contributed by atoms with Crippen LogP contribution >= 0.6 is 11.3 Å². The zero-order valence-electron chi connectivity index (χ0n) is 78.8. The molecule has 2 aromatic carbocycles. The molecule has 47 heteroatoms. The third-order valence-corrected chi connectivity index (χ3v) is 28.3. The van der Waals surface area contributed by atoms with E-state index in [1.165, 1.54) is 40.3 Å². The van der Waals surface area contributed by atoms with Gasteiger partial charge in [0.05, 0.1) is 101 Å². The van der Waals surface area contributed by atoms with Gasteiger partial charge in [0, 0.05) is 111 Å². The summed E-state index contributed by atoms with van der Waals surface area (Å²) in [6.07, 6.45) is -1.49. The van der Waals surface area contributed by atoms with Gasteiger partial charge in [-0.2, -0.15) is 18.2 Å². The minimum absolute atomic E-state index is 0.00214. The number of carboxylic acids is 1. The number of imide groups is 1. The fourth-order valence-corrected chi connectivity index (χ4v) is 22.1. The molecule has 6 aromatic rings. The maximum absolute atomic E-state index is 14.8. The highest BCUT2D eigenvalue weighted by molar-refractivity contribution is 7.88. The van der Waals surface area contributed by atoms with E-state index in [1.807, 2.05) is 53.8 Å². The van der Waals surface area contributed by atoms with Gasteiger partial charge in [0.25, 0.3) is 11.8 Å². The number of pyridine rings is 1. The molecular weight excluding hydrogens is 1850 g/mol. The molecule has 2 unspecified atom stereocenters. The average Bonchev–Trinajstić information content (AvgIpc) is 0.882. The largest absolute Gasteiger partial charge is 0.476 e. The molecule has 139 heavy (non-hydrogen) atoms. The van der Waals surface area contributed by atoms with Crippen LogP contribution in [0.3, 0.4) is 0 Å². The molecule has 758 valence electrons.